The zero-order valence-corrected chi connectivity index (χ0v) is 13.7. The molecule has 0 amide bonds. The molecule has 3 aromatic heterocycles. The Balaban J connectivity index is 1.84. The number of thiophene rings is 1. The summed E-state index contributed by atoms with van der Waals surface area (Å²) in [5, 5.41) is 23.0. The van der Waals surface area contributed by atoms with Crippen molar-refractivity contribution in [3.8, 4) is 11.3 Å². The fourth-order valence-corrected chi connectivity index (χ4v) is 3.57. The lowest BCUT2D eigenvalue weighted by atomic mass is 10.1. The number of alkyl halides is 1. The van der Waals surface area contributed by atoms with Gasteiger partial charge in [0.1, 0.15) is 23.4 Å². The van der Waals surface area contributed by atoms with E-state index in [0.29, 0.717) is 16.9 Å². The molecule has 1 saturated heterocycles. The molecule has 10 heteroatoms. The Bertz CT molecular complexity index is 874. The largest absolute Gasteiger partial charge is 0.394 e. The van der Waals surface area contributed by atoms with Crippen molar-refractivity contribution in [3.63, 3.8) is 0 Å². The van der Waals surface area contributed by atoms with E-state index in [0.717, 1.165) is 5.56 Å². The molecule has 7 nitrogen and oxygen atoms in total. The summed E-state index contributed by atoms with van der Waals surface area (Å²) < 4.78 is 20.8. The van der Waals surface area contributed by atoms with Gasteiger partial charge in [0, 0.05) is 10.9 Å². The molecule has 24 heavy (non-hydrogen) atoms. The molecule has 1 aliphatic heterocycles. The first-order valence-corrected chi connectivity index (χ1v) is 8.43. The number of fused-ring (bicyclic) bond motifs is 1. The number of halogens is 2. The summed E-state index contributed by atoms with van der Waals surface area (Å²) in [6.07, 6.45) is -3.91. The smallest absolute Gasteiger partial charge is 0.225 e. The number of aromatic nitrogens is 4. The van der Waals surface area contributed by atoms with E-state index in [9.17, 15) is 9.50 Å². The number of rotatable bonds is 3. The molecule has 0 radical (unpaired) electrons. The van der Waals surface area contributed by atoms with Gasteiger partial charge in [-0.2, -0.15) is 16.3 Å². The highest BCUT2D eigenvalue weighted by molar-refractivity contribution is 7.08. The van der Waals surface area contributed by atoms with Crippen LogP contribution in [0.3, 0.4) is 0 Å². The molecule has 126 valence electrons. The van der Waals surface area contributed by atoms with Crippen LogP contribution in [0.25, 0.3) is 22.4 Å². The number of imidazole rings is 1. The molecular formula is C14H12ClFN4O3S. The SMILES string of the molecule is OC[C@H]1O[C@@H](n2cnc3c(-c4ccsc4)nc(Cl)nc32)[C@@H](O)C1F. The lowest BCUT2D eigenvalue weighted by Crippen LogP contribution is -2.29. The van der Waals surface area contributed by atoms with Gasteiger partial charge in [-0.15, -0.1) is 0 Å². The highest BCUT2D eigenvalue weighted by atomic mass is 35.5. The molecule has 0 spiro atoms. The van der Waals surface area contributed by atoms with E-state index >= 15 is 0 Å². The van der Waals surface area contributed by atoms with E-state index in [2.05, 4.69) is 15.0 Å². The average Bonchev–Trinajstić information content (AvgIpc) is 3.28. The van der Waals surface area contributed by atoms with Crippen molar-refractivity contribution >= 4 is 34.1 Å². The van der Waals surface area contributed by atoms with Crippen molar-refractivity contribution in [2.75, 3.05) is 6.61 Å². The quantitative estimate of drug-likeness (QED) is 0.683. The topological polar surface area (TPSA) is 93.3 Å². The van der Waals surface area contributed by atoms with Crippen LogP contribution in [0.15, 0.2) is 23.2 Å². The van der Waals surface area contributed by atoms with Crippen molar-refractivity contribution in [3.05, 3.63) is 28.4 Å². The number of aliphatic hydroxyl groups is 2. The predicted molar refractivity (Wildman–Crippen MR) is 85.5 cm³/mol. The van der Waals surface area contributed by atoms with Crippen LogP contribution in [0, 0.1) is 0 Å². The van der Waals surface area contributed by atoms with Gasteiger partial charge in [0.15, 0.2) is 18.0 Å². The summed E-state index contributed by atoms with van der Waals surface area (Å²) in [7, 11) is 0. The summed E-state index contributed by atoms with van der Waals surface area (Å²) in [6.45, 7) is -0.531. The Kier molecular flexibility index (Phi) is 3.97. The van der Waals surface area contributed by atoms with E-state index in [1.807, 2.05) is 16.8 Å². The third-order valence-corrected chi connectivity index (χ3v) is 4.78. The maximum atomic E-state index is 14.0. The molecule has 4 heterocycles. The van der Waals surface area contributed by atoms with Gasteiger partial charge in [0.25, 0.3) is 0 Å². The van der Waals surface area contributed by atoms with Crippen LogP contribution in [0.2, 0.25) is 5.28 Å². The zero-order valence-electron chi connectivity index (χ0n) is 12.1. The lowest BCUT2D eigenvalue weighted by Gasteiger charge is -2.16. The highest BCUT2D eigenvalue weighted by Crippen LogP contribution is 2.35. The monoisotopic (exact) mass is 370 g/mol. The molecule has 4 rings (SSSR count). The van der Waals surface area contributed by atoms with E-state index in [4.69, 9.17) is 21.4 Å². The molecule has 0 bridgehead atoms. The first kappa shape index (κ1) is 15.9. The van der Waals surface area contributed by atoms with Gasteiger partial charge in [-0.05, 0) is 23.0 Å². The number of aliphatic hydroxyl groups excluding tert-OH is 2. The van der Waals surface area contributed by atoms with Crippen LogP contribution >= 0.6 is 22.9 Å². The number of hydrogen-bond acceptors (Lipinski definition) is 7. The van der Waals surface area contributed by atoms with E-state index in [1.165, 1.54) is 22.2 Å². The van der Waals surface area contributed by atoms with Crippen molar-refractivity contribution in [1.29, 1.82) is 0 Å². The molecule has 3 aromatic rings. The van der Waals surface area contributed by atoms with Gasteiger partial charge in [-0.1, -0.05) is 0 Å². The van der Waals surface area contributed by atoms with Gasteiger partial charge in [0.2, 0.25) is 5.28 Å². The maximum Gasteiger partial charge on any atom is 0.225 e. The minimum Gasteiger partial charge on any atom is -0.394 e. The van der Waals surface area contributed by atoms with Crippen molar-refractivity contribution in [2.45, 2.75) is 24.6 Å². The molecule has 0 aromatic carbocycles. The summed E-state index contributed by atoms with van der Waals surface area (Å²) in [4.78, 5) is 12.6. The second kappa shape index (κ2) is 6.01. The Hall–Kier alpha value is -1.65. The second-order valence-electron chi connectivity index (χ2n) is 5.36. The predicted octanol–water partition coefficient (Wildman–Crippen LogP) is 1.80. The van der Waals surface area contributed by atoms with Crippen molar-refractivity contribution < 1.29 is 19.3 Å². The van der Waals surface area contributed by atoms with Crippen molar-refractivity contribution in [2.24, 2.45) is 0 Å². The Morgan fingerprint density at radius 3 is 2.92 bits per heavy atom. The maximum absolute atomic E-state index is 14.0. The molecule has 1 unspecified atom stereocenters. The van der Waals surface area contributed by atoms with Crippen molar-refractivity contribution in [1.82, 2.24) is 19.5 Å². The van der Waals surface area contributed by atoms with Gasteiger partial charge in [-0.3, -0.25) is 4.57 Å². The molecule has 4 atom stereocenters. The second-order valence-corrected chi connectivity index (χ2v) is 6.48. The standard InChI is InChI=1S/C14H12ClFN4O3S/c15-14-18-9(6-1-2-24-4-6)10-12(19-14)20(5-17-10)13-11(22)8(16)7(3-21)23-13/h1-2,4-5,7-8,11,13,21-22H,3H2/t7-,8?,11+,13-/m1/s1. The van der Waals surface area contributed by atoms with Gasteiger partial charge >= 0.3 is 0 Å². The summed E-state index contributed by atoms with van der Waals surface area (Å²) in [6, 6.07) is 1.88. The number of ether oxygens (including phenoxy) is 1. The summed E-state index contributed by atoms with van der Waals surface area (Å²) in [5.41, 5.74) is 2.18. The number of nitrogens with zero attached hydrogens (tertiary/aromatic N) is 4. The van der Waals surface area contributed by atoms with Crippen LogP contribution in [-0.2, 0) is 4.74 Å². The zero-order chi connectivity index (χ0) is 16.8. The molecule has 1 aliphatic rings. The van der Waals surface area contributed by atoms with Crippen LogP contribution in [0.4, 0.5) is 4.39 Å². The first-order valence-electron chi connectivity index (χ1n) is 7.11. The molecular weight excluding hydrogens is 359 g/mol. The van der Waals surface area contributed by atoms with Crippen LogP contribution in [-0.4, -0.2) is 54.7 Å². The third-order valence-electron chi connectivity index (χ3n) is 3.93. The minimum absolute atomic E-state index is 0.00782. The summed E-state index contributed by atoms with van der Waals surface area (Å²) in [5.74, 6) is 0. The molecule has 0 saturated carbocycles. The Labute approximate surface area is 144 Å². The highest BCUT2D eigenvalue weighted by Gasteiger charge is 2.45. The molecule has 2 N–H and O–H groups in total. The minimum atomic E-state index is -1.70. The third kappa shape index (κ3) is 2.40. The number of hydrogen-bond donors (Lipinski definition) is 2. The first-order chi connectivity index (χ1) is 11.6. The van der Waals surface area contributed by atoms with Gasteiger partial charge < -0.3 is 14.9 Å². The van der Waals surface area contributed by atoms with Gasteiger partial charge in [0.05, 0.1) is 12.9 Å². The lowest BCUT2D eigenvalue weighted by molar-refractivity contribution is -0.0495. The van der Waals surface area contributed by atoms with Crippen LogP contribution in [0.1, 0.15) is 6.23 Å². The van der Waals surface area contributed by atoms with Crippen LogP contribution in [0.5, 0.6) is 0 Å². The normalized spacial score (nSPS) is 27.2. The van der Waals surface area contributed by atoms with Crippen LogP contribution < -0.4 is 0 Å². The fraction of sp³-hybridized carbons (Fsp3) is 0.357. The Morgan fingerprint density at radius 2 is 2.25 bits per heavy atom. The Morgan fingerprint density at radius 1 is 1.42 bits per heavy atom. The van der Waals surface area contributed by atoms with Gasteiger partial charge in [-0.25, -0.2) is 14.4 Å². The summed E-state index contributed by atoms with van der Waals surface area (Å²) >= 11 is 7.52. The van der Waals surface area contributed by atoms with E-state index < -0.39 is 31.2 Å². The average molecular weight is 371 g/mol. The van der Waals surface area contributed by atoms with E-state index in [-0.39, 0.29) is 5.28 Å². The van der Waals surface area contributed by atoms with E-state index in [1.54, 1.807) is 0 Å². The molecule has 1 fully saturated rings. The fourth-order valence-electron chi connectivity index (χ4n) is 2.76. The molecule has 0 aliphatic carbocycles.